The van der Waals surface area contributed by atoms with Crippen LogP contribution in [0.5, 0.6) is 0 Å². The number of piperidine rings is 1. The van der Waals surface area contributed by atoms with E-state index in [1.807, 2.05) is 17.9 Å². The molecule has 1 amide bonds. The summed E-state index contributed by atoms with van der Waals surface area (Å²) in [6.45, 7) is 8.84. The van der Waals surface area contributed by atoms with Gasteiger partial charge in [-0.15, -0.1) is 0 Å². The number of nitrogens with one attached hydrogen (secondary N) is 1. The lowest BCUT2D eigenvalue weighted by Crippen LogP contribution is -2.42. The number of hydrogen-bond acceptors (Lipinski definition) is 3. The fraction of sp³-hybridized carbons (Fsp3) is 0.600. The second kappa shape index (κ2) is 6.57. The van der Waals surface area contributed by atoms with E-state index in [-0.39, 0.29) is 5.91 Å². The zero-order valence-corrected chi connectivity index (χ0v) is 13.9. The van der Waals surface area contributed by atoms with E-state index in [9.17, 15) is 4.79 Å². The predicted octanol–water partition coefficient (Wildman–Crippen LogP) is 3.39. The quantitative estimate of drug-likeness (QED) is 0.917. The van der Waals surface area contributed by atoms with E-state index in [0.717, 1.165) is 24.1 Å². The van der Waals surface area contributed by atoms with Gasteiger partial charge in [0.05, 0.1) is 5.56 Å². The van der Waals surface area contributed by atoms with Crippen LogP contribution in [0.4, 0.5) is 5.82 Å². The van der Waals surface area contributed by atoms with Crippen LogP contribution in [0.1, 0.15) is 37.6 Å². The first-order chi connectivity index (χ1) is 9.51. The van der Waals surface area contributed by atoms with Crippen molar-refractivity contribution in [1.29, 1.82) is 0 Å². The average molecular weight is 340 g/mol. The summed E-state index contributed by atoms with van der Waals surface area (Å²) < 4.78 is 0.834. The van der Waals surface area contributed by atoms with Gasteiger partial charge in [0.25, 0.3) is 5.91 Å². The molecule has 0 radical (unpaired) electrons. The number of rotatable bonds is 3. The lowest BCUT2D eigenvalue weighted by molar-refractivity contribution is 0.0623. The van der Waals surface area contributed by atoms with Crippen LogP contribution in [0.3, 0.4) is 0 Å². The molecule has 1 aliphatic rings. The normalized spacial score (nSPS) is 22.7. The maximum absolute atomic E-state index is 12.8. The van der Waals surface area contributed by atoms with Gasteiger partial charge in [-0.05, 0) is 47.2 Å². The van der Waals surface area contributed by atoms with Gasteiger partial charge in [-0.1, -0.05) is 13.8 Å². The maximum atomic E-state index is 12.8. The molecule has 2 heterocycles. The number of nitrogens with zero attached hydrogens (tertiary/aromatic N) is 2. The number of hydrogen-bond donors (Lipinski definition) is 1. The van der Waals surface area contributed by atoms with Crippen LogP contribution in [0.25, 0.3) is 0 Å². The van der Waals surface area contributed by atoms with Crippen LogP contribution in [0.2, 0.25) is 0 Å². The molecule has 0 bridgehead atoms. The van der Waals surface area contributed by atoms with E-state index < -0.39 is 0 Å². The molecule has 0 aromatic carbocycles. The molecule has 5 heteroatoms. The summed E-state index contributed by atoms with van der Waals surface area (Å²) in [5, 5.41) is 3.17. The van der Waals surface area contributed by atoms with Crippen molar-refractivity contribution in [3.8, 4) is 0 Å². The topological polar surface area (TPSA) is 45.2 Å². The number of amides is 1. The second-order valence-corrected chi connectivity index (χ2v) is 6.65. The zero-order chi connectivity index (χ0) is 14.7. The van der Waals surface area contributed by atoms with Gasteiger partial charge in [0.1, 0.15) is 5.82 Å². The van der Waals surface area contributed by atoms with Gasteiger partial charge in [0, 0.05) is 30.3 Å². The predicted molar refractivity (Wildman–Crippen MR) is 84.9 cm³/mol. The summed E-state index contributed by atoms with van der Waals surface area (Å²) in [7, 11) is 0. The molecule has 2 unspecified atom stereocenters. The number of pyridine rings is 1. The molecule has 1 N–H and O–H groups in total. The van der Waals surface area contributed by atoms with Crippen molar-refractivity contribution < 1.29 is 4.79 Å². The third-order valence-electron chi connectivity index (χ3n) is 3.59. The number of carbonyl (C=O) groups is 1. The first kappa shape index (κ1) is 15.3. The van der Waals surface area contributed by atoms with Crippen molar-refractivity contribution in [3.63, 3.8) is 0 Å². The van der Waals surface area contributed by atoms with Gasteiger partial charge in [0.2, 0.25) is 0 Å². The van der Waals surface area contributed by atoms with E-state index in [1.54, 1.807) is 6.20 Å². The van der Waals surface area contributed by atoms with E-state index in [2.05, 4.69) is 40.1 Å². The SMILES string of the molecule is CCNc1ncc(Br)cc1C(=O)N1CC(C)CC(C)C1. The maximum Gasteiger partial charge on any atom is 0.257 e. The van der Waals surface area contributed by atoms with Gasteiger partial charge in [-0.25, -0.2) is 4.98 Å². The van der Waals surface area contributed by atoms with E-state index in [1.165, 1.54) is 6.42 Å². The molecule has 1 aromatic heterocycles. The van der Waals surface area contributed by atoms with Crippen LogP contribution in [-0.4, -0.2) is 35.4 Å². The van der Waals surface area contributed by atoms with Gasteiger partial charge in [-0.2, -0.15) is 0 Å². The lowest BCUT2D eigenvalue weighted by atomic mass is 9.91. The van der Waals surface area contributed by atoms with Gasteiger partial charge < -0.3 is 10.2 Å². The number of carbonyl (C=O) groups excluding carboxylic acids is 1. The highest BCUT2D eigenvalue weighted by Crippen LogP contribution is 2.25. The number of anilines is 1. The van der Waals surface area contributed by atoms with E-state index in [0.29, 0.717) is 23.2 Å². The summed E-state index contributed by atoms with van der Waals surface area (Å²) in [6, 6.07) is 1.86. The molecular formula is C15H22BrN3O. The highest BCUT2D eigenvalue weighted by atomic mass is 79.9. The molecular weight excluding hydrogens is 318 g/mol. The molecule has 110 valence electrons. The van der Waals surface area contributed by atoms with Crippen LogP contribution >= 0.6 is 15.9 Å². The number of likely N-dealkylation sites (tertiary alicyclic amines) is 1. The Bertz CT molecular complexity index is 482. The van der Waals surface area contributed by atoms with Gasteiger partial charge in [-0.3, -0.25) is 4.79 Å². The summed E-state index contributed by atoms with van der Waals surface area (Å²) in [5.74, 6) is 1.87. The summed E-state index contributed by atoms with van der Waals surface area (Å²) in [4.78, 5) is 19.0. The Balaban J connectivity index is 2.25. The van der Waals surface area contributed by atoms with Crippen molar-refractivity contribution in [2.75, 3.05) is 25.0 Å². The monoisotopic (exact) mass is 339 g/mol. The first-order valence-corrected chi connectivity index (χ1v) is 7.99. The molecule has 1 aliphatic heterocycles. The first-order valence-electron chi connectivity index (χ1n) is 7.20. The molecule has 20 heavy (non-hydrogen) atoms. The Labute approximate surface area is 129 Å². The van der Waals surface area contributed by atoms with Crippen molar-refractivity contribution in [2.45, 2.75) is 27.2 Å². The van der Waals surface area contributed by atoms with Crippen molar-refractivity contribution in [3.05, 3.63) is 22.3 Å². The van der Waals surface area contributed by atoms with Crippen LogP contribution in [-0.2, 0) is 0 Å². The Morgan fingerprint density at radius 2 is 2.10 bits per heavy atom. The summed E-state index contributed by atoms with van der Waals surface area (Å²) >= 11 is 3.40. The number of halogens is 1. The molecule has 2 rings (SSSR count). The molecule has 2 atom stereocenters. The summed E-state index contributed by atoms with van der Waals surface area (Å²) in [6.07, 6.45) is 2.91. The minimum absolute atomic E-state index is 0.0770. The largest absolute Gasteiger partial charge is 0.370 e. The molecule has 4 nitrogen and oxygen atoms in total. The fourth-order valence-corrected chi connectivity index (χ4v) is 3.24. The van der Waals surface area contributed by atoms with Crippen LogP contribution in [0, 0.1) is 11.8 Å². The summed E-state index contributed by atoms with van der Waals surface area (Å²) in [5.41, 5.74) is 0.655. The van der Waals surface area contributed by atoms with Crippen molar-refractivity contribution in [2.24, 2.45) is 11.8 Å². The zero-order valence-electron chi connectivity index (χ0n) is 12.3. The average Bonchev–Trinajstić information content (AvgIpc) is 2.39. The Kier molecular flexibility index (Phi) is 5.02. The van der Waals surface area contributed by atoms with Gasteiger partial charge in [0.15, 0.2) is 0 Å². The van der Waals surface area contributed by atoms with Gasteiger partial charge >= 0.3 is 0 Å². The third-order valence-corrected chi connectivity index (χ3v) is 4.02. The van der Waals surface area contributed by atoms with E-state index in [4.69, 9.17) is 0 Å². The highest BCUT2D eigenvalue weighted by Gasteiger charge is 2.27. The molecule has 0 saturated carbocycles. The number of aromatic nitrogens is 1. The Hall–Kier alpha value is -1.10. The van der Waals surface area contributed by atoms with Crippen LogP contribution < -0.4 is 5.32 Å². The lowest BCUT2D eigenvalue weighted by Gasteiger charge is -2.35. The smallest absolute Gasteiger partial charge is 0.257 e. The minimum Gasteiger partial charge on any atom is -0.370 e. The molecule has 1 aromatic rings. The standard InChI is InChI=1S/C15H22BrN3O/c1-4-17-14-13(6-12(16)7-18-14)15(20)19-8-10(2)5-11(3)9-19/h6-7,10-11H,4-5,8-9H2,1-3H3,(H,17,18). The van der Waals surface area contributed by atoms with Crippen molar-refractivity contribution in [1.82, 2.24) is 9.88 Å². The van der Waals surface area contributed by atoms with E-state index >= 15 is 0 Å². The fourth-order valence-electron chi connectivity index (χ4n) is 2.91. The van der Waals surface area contributed by atoms with Crippen LogP contribution in [0.15, 0.2) is 16.7 Å². The Morgan fingerprint density at radius 3 is 2.70 bits per heavy atom. The third kappa shape index (κ3) is 3.51. The molecule has 1 saturated heterocycles. The van der Waals surface area contributed by atoms with Crippen molar-refractivity contribution >= 4 is 27.7 Å². The molecule has 1 fully saturated rings. The minimum atomic E-state index is 0.0770. The Morgan fingerprint density at radius 1 is 1.45 bits per heavy atom. The molecule has 0 spiro atoms. The second-order valence-electron chi connectivity index (χ2n) is 5.74. The molecule has 0 aliphatic carbocycles. The highest BCUT2D eigenvalue weighted by molar-refractivity contribution is 9.10.